The van der Waals surface area contributed by atoms with Crippen molar-refractivity contribution in [3.05, 3.63) is 28.2 Å². The summed E-state index contributed by atoms with van der Waals surface area (Å²) >= 11 is 3.32. The molecule has 1 aromatic carbocycles. The molecule has 0 saturated carbocycles. The van der Waals surface area contributed by atoms with Crippen LogP contribution in [0.4, 0.5) is 4.79 Å². The summed E-state index contributed by atoms with van der Waals surface area (Å²) in [5.74, 6) is -0.714. The maximum absolute atomic E-state index is 12.5. The van der Waals surface area contributed by atoms with E-state index in [0.29, 0.717) is 11.3 Å². The molecule has 1 saturated heterocycles. The van der Waals surface area contributed by atoms with Crippen molar-refractivity contribution in [2.45, 2.75) is 12.3 Å². The first kappa shape index (κ1) is 15.3. The standard InChI is InChI=1S/C14H13BrN2O4/c1-20-12-8-9(15)2-3-10(12)11(4-5-16)13(18)17-6-7-21-14(17)19/h2-3,8,11H,4,6-7H2,1H3. The molecular weight excluding hydrogens is 340 g/mol. The fourth-order valence-corrected chi connectivity index (χ4v) is 2.52. The average molecular weight is 353 g/mol. The predicted octanol–water partition coefficient (Wildman–Crippen LogP) is 2.43. The second-order valence-electron chi connectivity index (χ2n) is 4.41. The summed E-state index contributed by atoms with van der Waals surface area (Å²) in [7, 11) is 1.49. The number of methoxy groups -OCH3 is 1. The summed E-state index contributed by atoms with van der Waals surface area (Å²) in [6.07, 6.45) is -0.709. The Morgan fingerprint density at radius 1 is 1.62 bits per heavy atom. The number of benzene rings is 1. The van der Waals surface area contributed by atoms with Gasteiger partial charge < -0.3 is 9.47 Å². The Labute approximate surface area is 130 Å². The zero-order valence-electron chi connectivity index (χ0n) is 11.3. The van der Waals surface area contributed by atoms with E-state index in [-0.39, 0.29) is 19.6 Å². The summed E-state index contributed by atoms with van der Waals surface area (Å²) in [5, 5.41) is 8.99. The summed E-state index contributed by atoms with van der Waals surface area (Å²) in [6.45, 7) is 0.389. The predicted molar refractivity (Wildman–Crippen MR) is 76.7 cm³/mol. The number of nitrogens with zero attached hydrogens (tertiary/aromatic N) is 2. The summed E-state index contributed by atoms with van der Waals surface area (Å²) in [5.41, 5.74) is 0.576. The van der Waals surface area contributed by atoms with E-state index in [1.165, 1.54) is 7.11 Å². The minimum atomic E-state index is -0.760. The van der Waals surface area contributed by atoms with Gasteiger partial charge in [-0.25, -0.2) is 9.69 Å². The molecular formula is C14H13BrN2O4. The van der Waals surface area contributed by atoms with E-state index in [9.17, 15) is 9.59 Å². The maximum atomic E-state index is 12.5. The highest BCUT2D eigenvalue weighted by atomic mass is 79.9. The normalized spacial score (nSPS) is 15.3. The number of imide groups is 1. The average Bonchev–Trinajstić information content (AvgIpc) is 2.90. The van der Waals surface area contributed by atoms with Gasteiger partial charge in [-0.1, -0.05) is 22.0 Å². The third kappa shape index (κ3) is 3.16. The van der Waals surface area contributed by atoms with Gasteiger partial charge in [0.2, 0.25) is 5.91 Å². The zero-order valence-corrected chi connectivity index (χ0v) is 12.9. The molecule has 2 rings (SSSR count). The van der Waals surface area contributed by atoms with Gasteiger partial charge >= 0.3 is 6.09 Å². The van der Waals surface area contributed by atoms with Gasteiger partial charge in [0.05, 0.1) is 32.1 Å². The first-order valence-electron chi connectivity index (χ1n) is 6.27. The molecule has 1 unspecified atom stereocenters. The van der Waals surface area contributed by atoms with Crippen LogP contribution in [0.25, 0.3) is 0 Å². The number of ether oxygens (including phenoxy) is 2. The molecule has 1 fully saturated rings. The van der Waals surface area contributed by atoms with E-state index >= 15 is 0 Å². The van der Waals surface area contributed by atoms with Crippen LogP contribution in [0.2, 0.25) is 0 Å². The number of nitriles is 1. The SMILES string of the molecule is COc1cc(Br)ccc1C(CC#N)C(=O)N1CCOC1=O. The lowest BCUT2D eigenvalue weighted by Crippen LogP contribution is -2.35. The summed E-state index contributed by atoms with van der Waals surface area (Å²) in [6, 6.07) is 7.18. The molecule has 0 aromatic heterocycles. The molecule has 0 bridgehead atoms. The molecule has 0 aliphatic carbocycles. The number of rotatable bonds is 4. The number of halogens is 1. The number of hydrogen-bond acceptors (Lipinski definition) is 5. The Bertz CT molecular complexity index is 611. The van der Waals surface area contributed by atoms with Crippen molar-refractivity contribution in [3.63, 3.8) is 0 Å². The smallest absolute Gasteiger partial charge is 0.416 e. The lowest BCUT2D eigenvalue weighted by Gasteiger charge is -2.20. The second-order valence-corrected chi connectivity index (χ2v) is 5.32. The van der Waals surface area contributed by atoms with Crippen molar-refractivity contribution >= 4 is 27.9 Å². The van der Waals surface area contributed by atoms with E-state index in [1.807, 2.05) is 6.07 Å². The van der Waals surface area contributed by atoms with Gasteiger partial charge in [0.25, 0.3) is 0 Å². The van der Waals surface area contributed by atoms with Gasteiger partial charge in [-0.05, 0) is 12.1 Å². The fraction of sp³-hybridized carbons (Fsp3) is 0.357. The zero-order chi connectivity index (χ0) is 15.4. The molecule has 1 aliphatic heterocycles. The first-order valence-corrected chi connectivity index (χ1v) is 7.06. The van der Waals surface area contributed by atoms with Crippen LogP contribution in [-0.2, 0) is 9.53 Å². The van der Waals surface area contributed by atoms with Gasteiger partial charge in [-0.2, -0.15) is 5.26 Å². The molecule has 6 nitrogen and oxygen atoms in total. The van der Waals surface area contributed by atoms with Crippen molar-refractivity contribution in [2.75, 3.05) is 20.3 Å². The Kier molecular flexibility index (Phi) is 4.81. The largest absolute Gasteiger partial charge is 0.496 e. The van der Waals surface area contributed by atoms with E-state index < -0.39 is 17.9 Å². The highest BCUT2D eigenvalue weighted by Gasteiger charge is 2.35. The quantitative estimate of drug-likeness (QED) is 0.831. The van der Waals surface area contributed by atoms with Gasteiger partial charge in [0, 0.05) is 10.0 Å². The lowest BCUT2D eigenvalue weighted by atomic mass is 9.94. The molecule has 1 aromatic rings. The van der Waals surface area contributed by atoms with Crippen LogP contribution in [0.5, 0.6) is 5.75 Å². The van der Waals surface area contributed by atoms with Gasteiger partial charge in [-0.15, -0.1) is 0 Å². The molecule has 2 amide bonds. The number of amides is 2. The van der Waals surface area contributed by atoms with Crippen molar-refractivity contribution in [3.8, 4) is 11.8 Å². The third-order valence-electron chi connectivity index (χ3n) is 3.19. The number of carbonyl (C=O) groups excluding carboxylic acids is 2. The van der Waals surface area contributed by atoms with Crippen LogP contribution in [0.1, 0.15) is 17.9 Å². The van der Waals surface area contributed by atoms with Crippen LogP contribution in [0.3, 0.4) is 0 Å². The van der Waals surface area contributed by atoms with Crippen molar-refractivity contribution in [1.29, 1.82) is 5.26 Å². The Morgan fingerprint density at radius 3 is 2.95 bits per heavy atom. The Morgan fingerprint density at radius 2 is 2.38 bits per heavy atom. The molecule has 1 heterocycles. The summed E-state index contributed by atoms with van der Waals surface area (Å²) in [4.78, 5) is 25.1. The van der Waals surface area contributed by atoms with Gasteiger partial charge in [-0.3, -0.25) is 4.79 Å². The van der Waals surface area contributed by atoms with Gasteiger partial charge in [0.15, 0.2) is 0 Å². The van der Waals surface area contributed by atoms with Crippen LogP contribution >= 0.6 is 15.9 Å². The van der Waals surface area contributed by atoms with Crippen molar-refractivity contribution in [2.24, 2.45) is 0 Å². The highest BCUT2D eigenvalue weighted by Crippen LogP contribution is 2.33. The molecule has 21 heavy (non-hydrogen) atoms. The van der Waals surface area contributed by atoms with Crippen LogP contribution in [0.15, 0.2) is 22.7 Å². The van der Waals surface area contributed by atoms with Crippen LogP contribution < -0.4 is 4.74 Å². The van der Waals surface area contributed by atoms with Crippen molar-refractivity contribution < 1.29 is 19.1 Å². The van der Waals surface area contributed by atoms with Crippen LogP contribution in [0, 0.1) is 11.3 Å². The number of cyclic esters (lactones) is 1. The molecule has 0 radical (unpaired) electrons. The Balaban J connectivity index is 2.37. The fourth-order valence-electron chi connectivity index (χ4n) is 2.18. The van der Waals surface area contributed by atoms with E-state index in [1.54, 1.807) is 18.2 Å². The van der Waals surface area contributed by atoms with Crippen molar-refractivity contribution in [1.82, 2.24) is 4.90 Å². The second kappa shape index (κ2) is 6.59. The molecule has 0 N–H and O–H groups in total. The topological polar surface area (TPSA) is 79.6 Å². The Hall–Kier alpha value is -2.07. The first-order chi connectivity index (χ1) is 10.1. The number of carbonyl (C=O) groups is 2. The monoisotopic (exact) mass is 352 g/mol. The van der Waals surface area contributed by atoms with E-state index in [2.05, 4.69) is 15.9 Å². The van der Waals surface area contributed by atoms with E-state index in [0.717, 1.165) is 9.37 Å². The minimum absolute atomic E-state index is 0.0411. The molecule has 110 valence electrons. The molecule has 0 spiro atoms. The molecule has 7 heteroatoms. The third-order valence-corrected chi connectivity index (χ3v) is 3.68. The van der Waals surface area contributed by atoms with Gasteiger partial charge in [0.1, 0.15) is 12.4 Å². The van der Waals surface area contributed by atoms with Crippen LogP contribution in [-0.4, -0.2) is 37.2 Å². The maximum Gasteiger partial charge on any atom is 0.416 e. The molecule has 1 aliphatic rings. The number of hydrogen-bond donors (Lipinski definition) is 0. The summed E-state index contributed by atoms with van der Waals surface area (Å²) < 4.78 is 10.8. The minimum Gasteiger partial charge on any atom is -0.496 e. The molecule has 1 atom stereocenters. The highest BCUT2D eigenvalue weighted by molar-refractivity contribution is 9.10. The van der Waals surface area contributed by atoms with E-state index in [4.69, 9.17) is 14.7 Å². The lowest BCUT2D eigenvalue weighted by molar-refractivity contribution is -0.129.